The van der Waals surface area contributed by atoms with Crippen molar-refractivity contribution in [3.05, 3.63) is 0 Å². The summed E-state index contributed by atoms with van der Waals surface area (Å²) in [5, 5.41) is 3.05. The number of ether oxygens (including phenoxy) is 2. The Kier molecular flexibility index (Phi) is 4.18. The van der Waals surface area contributed by atoms with Gasteiger partial charge in [-0.05, 0) is 81.0 Å². The van der Waals surface area contributed by atoms with Crippen LogP contribution in [0.4, 0.5) is 0 Å². The summed E-state index contributed by atoms with van der Waals surface area (Å²) in [6.45, 7) is 6.00. The highest BCUT2D eigenvalue weighted by molar-refractivity contribution is 5.87. The van der Waals surface area contributed by atoms with E-state index in [2.05, 4.69) is 19.2 Å². The molecule has 28 heavy (non-hydrogen) atoms. The van der Waals surface area contributed by atoms with Gasteiger partial charge in [0, 0.05) is 6.54 Å². The fourth-order valence-corrected chi connectivity index (χ4v) is 8.52. The largest absolute Gasteiger partial charge is 0.458 e. The molecule has 0 aromatic rings. The Bertz CT molecular complexity index is 664. The summed E-state index contributed by atoms with van der Waals surface area (Å²) < 4.78 is 12.1. The molecule has 1 saturated heterocycles. The predicted molar refractivity (Wildman–Crippen MR) is 104 cm³/mol. The van der Waals surface area contributed by atoms with E-state index in [1.807, 2.05) is 0 Å². The molecular formula is C23H35NO4. The van der Waals surface area contributed by atoms with Crippen LogP contribution >= 0.6 is 0 Å². The first-order valence-electron chi connectivity index (χ1n) is 11.4. The summed E-state index contributed by atoms with van der Waals surface area (Å²) in [5.74, 6) is 0.249. The van der Waals surface area contributed by atoms with Crippen LogP contribution < -0.4 is 5.32 Å². The normalized spacial score (nSPS) is 45.6. The maximum absolute atomic E-state index is 12.8. The van der Waals surface area contributed by atoms with E-state index in [-0.39, 0.29) is 29.8 Å². The number of carbonyl (C=O) groups excluding carboxylic acids is 2. The molecule has 1 amide bonds. The van der Waals surface area contributed by atoms with E-state index in [9.17, 15) is 9.59 Å². The Balaban J connectivity index is 1.16. The number of esters is 1. The van der Waals surface area contributed by atoms with Crippen LogP contribution in [-0.4, -0.2) is 36.2 Å². The molecule has 0 aromatic carbocycles. The van der Waals surface area contributed by atoms with Gasteiger partial charge in [0.15, 0.2) is 0 Å². The standard InChI is InChI=1S/C23H35NO4/c1-20-10-16-11-21(2,13-20)15-22(12-16,14-20)27-8-7-24-19(26)17-9-18(25)28-23(17)5-3-4-6-23/h16-17H,3-15H2,1-2H3,(H,24,26). The first kappa shape index (κ1) is 18.9. The average Bonchev–Trinajstić information content (AvgIpc) is 3.15. The summed E-state index contributed by atoms with van der Waals surface area (Å²) in [6, 6.07) is 0. The zero-order valence-corrected chi connectivity index (χ0v) is 17.5. The van der Waals surface area contributed by atoms with Crippen LogP contribution in [0.3, 0.4) is 0 Å². The number of hydrogen-bond donors (Lipinski definition) is 1. The molecule has 5 aliphatic carbocycles. The molecule has 5 saturated carbocycles. The van der Waals surface area contributed by atoms with Gasteiger partial charge in [0.05, 0.1) is 24.5 Å². The molecule has 0 radical (unpaired) electrons. The fourth-order valence-electron chi connectivity index (χ4n) is 8.52. The van der Waals surface area contributed by atoms with Crippen molar-refractivity contribution in [3.8, 4) is 0 Å². The van der Waals surface area contributed by atoms with Gasteiger partial charge in [-0.25, -0.2) is 0 Å². The zero-order chi connectivity index (χ0) is 19.6. The van der Waals surface area contributed by atoms with Gasteiger partial charge in [-0.1, -0.05) is 13.8 Å². The highest BCUT2D eigenvalue weighted by atomic mass is 16.6. The molecule has 1 spiro atoms. The lowest BCUT2D eigenvalue weighted by atomic mass is 9.43. The maximum Gasteiger partial charge on any atom is 0.307 e. The summed E-state index contributed by atoms with van der Waals surface area (Å²) >= 11 is 0. The monoisotopic (exact) mass is 389 g/mol. The SMILES string of the molecule is CC12CC3CC(C)(C1)CC(OCCNC(=O)C1CC(=O)OC14CCCC4)(C3)C2. The van der Waals surface area contributed by atoms with Crippen LogP contribution in [-0.2, 0) is 19.1 Å². The maximum atomic E-state index is 12.8. The molecule has 5 nitrogen and oxygen atoms in total. The van der Waals surface area contributed by atoms with E-state index in [0.717, 1.165) is 31.6 Å². The molecule has 0 aromatic heterocycles. The minimum absolute atomic E-state index is 0.0206. The second-order valence-corrected chi connectivity index (χ2v) is 11.5. The third-order valence-electron chi connectivity index (χ3n) is 8.47. The molecule has 156 valence electrons. The van der Waals surface area contributed by atoms with Gasteiger partial charge in [0.25, 0.3) is 0 Å². The molecule has 6 rings (SSSR count). The van der Waals surface area contributed by atoms with Crippen molar-refractivity contribution < 1.29 is 19.1 Å². The number of nitrogens with one attached hydrogen (secondary N) is 1. The van der Waals surface area contributed by atoms with Gasteiger partial charge in [0.1, 0.15) is 5.60 Å². The molecule has 4 bridgehead atoms. The minimum atomic E-state index is -0.523. The molecule has 6 fully saturated rings. The smallest absolute Gasteiger partial charge is 0.307 e. The van der Waals surface area contributed by atoms with Gasteiger partial charge < -0.3 is 14.8 Å². The minimum Gasteiger partial charge on any atom is -0.458 e. The Hall–Kier alpha value is -1.10. The third-order valence-corrected chi connectivity index (χ3v) is 8.47. The lowest BCUT2D eigenvalue weighted by Crippen LogP contribution is -2.59. The molecule has 3 unspecified atom stereocenters. The highest BCUT2D eigenvalue weighted by Crippen LogP contribution is 2.67. The summed E-state index contributed by atoms with van der Waals surface area (Å²) in [6.07, 6.45) is 11.6. The van der Waals surface area contributed by atoms with Gasteiger partial charge in [-0.2, -0.15) is 0 Å². The number of carbonyl (C=O) groups is 2. The van der Waals surface area contributed by atoms with Gasteiger partial charge in [0.2, 0.25) is 5.91 Å². The highest BCUT2D eigenvalue weighted by Gasteiger charge is 2.60. The van der Waals surface area contributed by atoms with Crippen molar-refractivity contribution in [2.45, 2.75) is 95.7 Å². The molecule has 1 aliphatic heterocycles. The number of rotatable bonds is 5. The van der Waals surface area contributed by atoms with Crippen LogP contribution in [0.1, 0.15) is 84.5 Å². The van der Waals surface area contributed by atoms with Gasteiger partial charge in [-0.15, -0.1) is 0 Å². The lowest BCUT2D eigenvalue weighted by Gasteiger charge is -2.65. The van der Waals surface area contributed by atoms with Crippen molar-refractivity contribution >= 4 is 11.9 Å². The molecule has 1 heterocycles. The molecule has 5 heteroatoms. The van der Waals surface area contributed by atoms with Crippen LogP contribution in [0.15, 0.2) is 0 Å². The summed E-state index contributed by atoms with van der Waals surface area (Å²) in [4.78, 5) is 24.6. The predicted octanol–water partition coefficient (Wildman–Crippen LogP) is 3.74. The zero-order valence-electron chi connectivity index (χ0n) is 17.5. The van der Waals surface area contributed by atoms with E-state index in [4.69, 9.17) is 9.47 Å². The second kappa shape index (κ2) is 6.20. The van der Waals surface area contributed by atoms with Crippen LogP contribution in [0.25, 0.3) is 0 Å². The number of amides is 1. The van der Waals surface area contributed by atoms with E-state index >= 15 is 0 Å². The first-order valence-corrected chi connectivity index (χ1v) is 11.4. The lowest BCUT2D eigenvalue weighted by molar-refractivity contribution is -0.213. The van der Waals surface area contributed by atoms with E-state index in [0.29, 0.717) is 24.0 Å². The van der Waals surface area contributed by atoms with Gasteiger partial charge >= 0.3 is 5.97 Å². The van der Waals surface area contributed by atoms with Crippen LogP contribution in [0.2, 0.25) is 0 Å². The fraction of sp³-hybridized carbons (Fsp3) is 0.913. The Labute approximate surface area is 168 Å². The average molecular weight is 390 g/mol. The third kappa shape index (κ3) is 3.09. The van der Waals surface area contributed by atoms with Crippen molar-refractivity contribution in [3.63, 3.8) is 0 Å². The van der Waals surface area contributed by atoms with E-state index in [1.54, 1.807) is 0 Å². The van der Waals surface area contributed by atoms with Crippen LogP contribution in [0, 0.1) is 22.7 Å². The van der Waals surface area contributed by atoms with Crippen molar-refractivity contribution in [2.24, 2.45) is 22.7 Å². The molecule has 6 aliphatic rings. The Morgan fingerprint density at radius 1 is 1.11 bits per heavy atom. The molecule has 1 N–H and O–H groups in total. The second-order valence-electron chi connectivity index (χ2n) is 11.5. The summed E-state index contributed by atoms with van der Waals surface area (Å²) in [5.41, 5.74) is 0.375. The molecule has 3 atom stereocenters. The quantitative estimate of drug-likeness (QED) is 0.575. The van der Waals surface area contributed by atoms with E-state index < -0.39 is 5.60 Å². The summed E-state index contributed by atoms with van der Waals surface area (Å²) in [7, 11) is 0. The Morgan fingerprint density at radius 2 is 1.79 bits per heavy atom. The van der Waals surface area contributed by atoms with Crippen LogP contribution in [0.5, 0.6) is 0 Å². The van der Waals surface area contributed by atoms with Gasteiger partial charge in [-0.3, -0.25) is 9.59 Å². The van der Waals surface area contributed by atoms with E-state index in [1.165, 1.54) is 38.5 Å². The topological polar surface area (TPSA) is 64.6 Å². The van der Waals surface area contributed by atoms with Crippen molar-refractivity contribution in [1.82, 2.24) is 5.32 Å². The van der Waals surface area contributed by atoms with Crippen molar-refractivity contribution in [2.75, 3.05) is 13.2 Å². The number of hydrogen-bond acceptors (Lipinski definition) is 4. The van der Waals surface area contributed by atoms with Crippen molar-refractivity contribution in [1.29, 1.82) is 0 Å². The molecular weight excluding hydrogens is 354 g/mol. The Morgan fingerprint density at radius 3 is 2.43 bits per heavy atom. The first-order chi connectivity index (χ1) is 13.2.